The Bertz CT molecular complexity index is 631. The van der Waals surface area contributed by atoms with Crippen LogP contribution in [0.1, 0.15) is 28.4 Å². The van der Waals surface area contributed by atoms with Crippen molar-refractivity contribution in [2.75, 3.05) is 11.9 Å². The summed E-state index contributed by atoms with van der Waals surface area (Å²) in [4.78, 5) is 11.8. The topological polar surface area (TPSA) is 71.7 Å². The van der Waals surface area contributed by atoms with E-state index in [-0.39, 0.29) is 23.8 Å². The number of carbonyl (C=O) groups is 1. The van der Waals surface area contributed by atoms with Crippen molar-refractivity contribution in [3.05, 3.63) is 41.2 Å². The Kier molecular flexibility index (Phi) is 3.98. The molecule has 106 valence electrons. The molecule has 0 aliphatic heterocycles. The lowest BCUT2D eigenvalue weighted by Crippen LogP contribution is -2.06. The first-order valence-electron chi connectivity index (χ1n) is 6.34. The third-order valence-electron chi connectivity index (χ3n) is 3.02. The van der Waals surface area contributed by atoms with Crippen LogP contribution in [0.4, 0.5) is 11.6 Å². The third kappa shape index (κ3) is 2.77. The molecule has 0 aliphatic rings. The van der Waals surface area contributed by atoms with Crippen LogP contribution in [0.25, 0.3) is 0 Å². The van der Waals surface area contributed by atoms with Gasteiger partial charge < -0.3 is 19.6 Å². The zero-order valence-electron chi connectivity index (χ0n) is 11.7. The van der Waals surface area contributed by atoms with Crippen molar-refractivity contribution < 1.29 is 19.1 Å². The number of carbonyl (C=O) groups excluding carboxylic acids is 1. The Morgan fingerprint density at radius 3 is 2.75 bits per heavy atom. The Morgan fingerprint density at radius 1 is 1.35 bits per heavy atom. The molecule has 0 unspecified atom stereocenters. The molecular formula is C15H17NO4. The van der Waals surface area contributed by atoms with Gasteiger partial charge in [-0.2, -0.15) is 0 Å². The maximum Gasteiger partial charge on any atom is 0.347 e. The average Bonchev–Trinajstić information content (AvgIpc) is 2.75. The molecule has 0 fully saturated rings. The molecule has 0 saturated heterocycles. The molecular weight excluding hydrogens is 258 g/mol. The van der Waals surface area contributed by atoms with Crippen molar-refractivity contribution in [3.63, 3.8) is 0 Å². The van der Waals surface area contributed by atoms with Gasteiger partial charge in [-0.15, -0.1) is 0 Å². The van der Waals surface area contributed by atoms with Gasteiger partial charge in [0, 0.05) is 5.69 Å². The van der Waals surface area contributed by atoms with Crippen molar-refractivity contribution in [3.8, 4) is 5.75 Å². The highest BCUT2D eigenvalue weighted by Gasteiger charge is 2.22. The van der Waals surface area contributed by atoms with Crippen molar-refractivity contribution in [2.45, 2.75) is 20.8 Å². The minimum absolute atomic E-state index is 0.00470. The summed E-state index contributed by atoms with van der Waals surface area (Å²) < 4.78 is 10.1. The van der Waals surface area contributed by atoms with Gasteiger partial charge >= 0.3 is 5.97 Å². The standard InChI is InChI=1S/C15H17NO4/c1-4-19-15(18)13-12(17)8-20-14(13)16-11-6-5-9(2)10(3)7-11/h5-8,16-17H,4H2,1-3H3. The van der Waals surface area contributed by atoms with Crippen molar-refractivity contribution in [1.82, 2.24) is 0 Å². The molecule has 5 nitrogen and oxygen atoms in total. The summed E-state index contributed by atoms with van der Waals surface area (Å²) >= 11 is 0. The maximum absolute atomic E-state index is 11.8. The summed E-state index contributed by atoms with van der Waals surface area (Å²) in [6.45, 7) is 5.94. The van der Waals surface area contributed by atoms with Gasteiger partial charge in [0.15, 0.2) is 11.3 Å². The van der Waals surface area contributed by atoms with E-state index in [1.807, 2.05) is 32.0 Å². The van der Waals surface area contributed by atoms with Gasteiger partial charge in [0.05, 0.1) is 6.61 Å². The molecule has 2 N–H and O–H groups in total. The van der Waals surface area contributed by atoms with E-state index in [4.69, 9.17) is 9.15 Å². The van der Waals surface area contributed by atoms with Gasteiger partial charge in [-0.25, -0.2) is 4.79 Å². The number of anilines is 2. The van der Waals surface area contributed by atoms with E-state index < -0.39 is 5.97 Å². The fourth-order valence-corrected chi connectivity index (χ4v) is 1.79. The molecule has 0 aliphatic carbocycles. The molecule has 0 amide bonds. The first-order valence-corrected chi connectivity index (χ1v) is 6.34. The summed E-state index contributed by atoms with van der Waals surface area (Å²) in [6, 6.07) is 5.77. The Labute approximate surface area is 117 Å². The molecule has 20 heavy (non-hydrogen) atoms. The lowest BCUT2D eigenvalue weighted by molar-refractivity contribution is 0.0524. The van der Waals surface area contributed by atoms with Gasteiger partial charge in [-0.1, -0.05) is 6.07 Å². The molecule has 2 rings (SSSR count). The van der Waals surface area contributed by atoms with Crippen LogP contribution in [-0.4, -0.2) is 17.7 Å². The number of hydrogen-bond donors (Lipinski definition) is 2. The fourth-order valence-electron chi connectivity index (χ4n) is 1.79. The second-order valence-corrected chi connectivity index (χ2v) is 4.47. The first-order chi connectivity index (χ1) is 9.52. The van der Waals surface area contributed by atoms with E-state index in [1.54, 1.807) is 6.92 Å². The van der Waals surface area contributed by atoms with Crippen molar-refractivity contribution >= 4 is 17.5 Å². The summed E-state index contributed by atoms with van der Waals surface area (Å²) in [5, 5.41) is 12.6. The van der Waals surface area contributed by atoms with Crippen LogP contribution in [0.5, 0.6) is 5.75 Å². The predicted molar refractivity (Wildman–Crippen MR) is 75.5 cm³/mol. The largest absolute Gasteiger partial charge is 0.504 e. The molecule has 0 bridgehead atoms. The average molecular weight is 275 g/mol. The summed E-state index contributed by atoms with van der Waals surface area (Å²) in [5.74, 6) is -0.691. The van der Waals surface area contributed by atoms with E-state index in [0.29, 0.717) is 0 Å². The molecule has 0 radical (unpaired) electrons. The number of aryl methyl sites for hydroxylation is 2. The summed E-state index contributed by atoms with van der Waals surface area (Å²) in [5.41, 5.74) is 3.06. The van der Waals surface area contributed by atoms with Crippen molar-refractivity contribution in [2.24, 2.45) is 0 Å². The highest BCUT2D eigenvalue weighted by atomic mass is 16.5. The molecule has 0 atom stereocenters. The number of nitrogens with one attached hydrogen (secondary N) is 1. The molecule has 1 aromatic heterocycles. The second-order valence-electron chi connectivity index (χ2n) is 4.47. The fraction of sp³-hybridized carbons (Fsp3) is 0.267. The highest BCUT2D eigenvalue weighted by molar-refractivity contribution is 5.98. The SMILES string of the molecule is CCOC(=O)c1c(O)coc1Nc1ccc(C)c(C)c1. The number of hydrogen-bond acceptors (Lipinski definition) is 5. The summed E-state index contributed by atoms with van der Waals surface area (Å²) in [6.07, 6.45) is 1.11. The van der Waals surface area contributed by atoms with Crippen LogP contribution in [0.2, 0.25) is 0 Å². The number of aromatic hydroxyl groups is 1. The molecule has 0 spiro atoms. The molecule has 1 aromatic carbocycles. The quantitative estimate of drug-likeness (QED) is 0.835. The minimum atomic E-state index is -0.620. The first kappa shape index (κ1) is 14.0. The van der Waals surface area contributed by atoms with Gasteiger partial charge in [0.2, 0.25) is 5.88 Å². The zero-order chi connectivity index (χ0) is 14.7. The van der Waals surface area contributed by atoms with E-state index in [1.165, 1.54) is 5.56 Å². The van der Waals surface area contributed by atoms with Crippen LogP contribution in [0.15, 0.2) is 28.9 Å². The van der Waals surface area contributed by atoms with Crippen LogP contribution in [0, 0.1) is 13.8 Å². The van der Waals surface area contributed by atoms with Crippen LogP contribution < -0.4 is 5.32 Å². The van der Waals surface area contributed by atoms with Crippen LogP contribution >= 0.6 is 0 Å². The highest BCUT2D eigenvalue weighted by Crippen LogP contribution is 2.31. The van der Waals surface area contributed by atoms with E-state index in [2.05, 4.69) is 5.32 Å². The molecule has 1 heterocycles. The Balaban J connectivity index is 2.29. The molecule has 0 saturated carbocycles. The Hall–Kier alpha value is -2.43. The zero-order valence-corrected chi connectivity index (χ0v) is 11.7. The second kappa shape index (κ2) is 5.69. The number of benzene rings is 1. The van der Waals surface area contributed by atoms with Gasteiger partial charge in [-0.05, 0) is 44.0 Å². The smallest absolute Gasteiger partial charge is 0.347 e. The lowest BCUT2D eigenvalue weighted by atomic mass is 10.1. The van der Waals surface area contributed by atoms with E-state index in [0.717, 1.165) is 17.5 Å². The van der Waals surface area contributed by atoms with Gasteiger partial charge in [0.25, 0.3) is 0 Å². The van der Waals surface area contributed by atoms with Gasteiger partial charge in [0.1, 0.15) is 6.26 Å². The monoisotopic (exact) mass is 275 g/mol. The number of rotatable bonds is 4. The van der Waals surface area contributed by atoms with Crippen LogP contribution in [-0.2, 0) is 4.74 Å². The predicted octanol–water partition coefficient (Wildman–Crippen LogP) is 3.52. The van der Waals surface area contributed by atoms with Gasteiger partial charge in [-0.3, -0.25) is 0 Å². The van der Waals surface area contributed by atoms with Crippen molar-refractivity contribution in [1.29, 1.82) is 0 Å². The normalized spacial score (nSPS) is 10.3. The molecule has 5 heteroatoms. The number of furan rings is 1. The lowest BCUT2D eigenvalue weighted by Gasteiger charge is -2.08. The Morgan fingerprint density at radius 2 is 2.10 bits per heavy atom. The number of esters is 1. The molecule has 2 aromatic rings. The minimum Gasteiger partial charge on any atom is -0.504 e. The van der Waals surface area contributed by atoms with Crippen LogP contribution in [0.3, 0.4) is 0 Å². The van der Waals surface area contributed by atoms with E-state index >= 15 is 0 Å². The maximum atomic E-state index is 11.8. The number of ether oxygens (including phenoxy) is 1. The van der Waals surface area contributed by atoms with E-state index in [9.17, 15) is 9.90 Å². The summed E-state index contributed by atoms with van der Waals surface area (Å²) in [7, 11) is 0. The third-order valence-corrected chi connectivity index (χ3v) is 3.02.